The predicted molar refractivity (Wildman–Crippen MR) is 119 cm³/mol. The summed E-state index contributed by atoms with van der Waals surface area (Å²) in [6.07, 6.45) is 2.68. The third-order valence-corrected chi connectivity index (χ3v) is 7.21. The van der Waals surface area contributed by atoms with E-state index in [1.807, 2.05) is 13.8 Å². The Morgan fingerprint density at radius 1 is 1.07 bits per heavy atom. The Kier molecular flexibility index (Phi) is 10.1. The maximum atomic E-state index is 12.5. The predicted octanol–water partition coefficient (Wildman–Crippen LogP) is 1.06. The summed E-state index contributed by atoms with van der Waals surface area (Å²) in [5, 5.41) is 3.38. The standard InChI is InChI=1S/C20H41N5O3S/c1-5-21-20(22-16-19(4)17-23-8-6-7-9-23)24-10-12-25(13-11-24)29(26,27)15-14-28-18(2)3/h18-19H,5-17H2,1-4H3,(H,21,22). The summed E-state index contributed by atoms with van der Waals surface area (Å²) in [7, 11) is -3.26. The van der Waals surface area contributed by atoms with Crippen LogP contribution in [0.1, 0.15) is 40.5 Å². The van der Waals surface area contributed by atoms with Crippen LogP contribution in [0, 0.1) is 5.92 Å². The Bertz CT molecular complexity index is 597. The van der Waals surface area contributed by atoms with Crippen molar-refractivity contribution >= 4 is 16.0 Å². The van der Waals surface area contributed by atoms with Crippen molar-refractivity contribution in [2.24, 2.45) is 10.9 Å². The fraction of sp³-hybridized carbons (Fsp3) is 0.950. The minimum Gasteiger partial charge on any atom is -0.378 e. The van der Waals surface area contributed by atoms with Gasteiger partial charge in [0.15, 0.2) is 5.96 Å². The van der Waals surface area contributed by atoms with Crippen LogP contribution in [0.2, 0.25) is 0 Å². The third-order valence-electron chi connectivity index (χ3n) is 5.38. The van der Waals surface area contributed by atoms with E-state index in [1.165, 1.54) is 25.9 Å². The molecule has 2 rings (SSSR count). The molecule has 0 aromatic carbocycles. The second-order valence-corrected chi connectivity index (χ2v) is 10.5. The van der Waals surface area contributed by atoms with Gasteiger partial charge in [-0.25, -0.2) is 8.42 Å². The van der Waals surface area contributed by atoms with Gasteiger partial charge in [-0.05, 0) is 52.6 Å². The molecule has 2 aliphatic heterocycles. The molecule has 0 aliphatic carbocycles. The molecular formula is C20H41N5O3S. The van der Waals surface area contributed by atoms with Crippen LogP contribution in [-0.2, 0) is 14.8 Å². The van der Waals surface area contributed by atoms with Crippen LogP contribution in [-0.4, -0.2) is 106 Å². The fourth-order valence-corrected chi connectivity index (χ4v) is 5.11. The first-order chi connectivity index (χ1) is 13.8. The van der Waals surface area contributed by atoms with Crippen LogP contribution in [0.15, 0.2) is 4.99 Å². The molecule has 170 valence electrons. The van der Waals surface area contributed by atoms with Crippen molar-refractivity contribution < 1.29 is 13.2 Å². The molecular weight excluding hydrogens is 390 g/mol. The minimum absolute atomic E-state index is 0.0490. The van der Waals surface area contributed by atoms with Gasteiger partial charge in [0.05, 0.1) is 18.5 Å². The van der Waals surface area contributed by atoms with Gasteiger partial charge in [0.2, 0.25) is 10.0 Å². The lowest BCUT2D eigenvalue weighted by Gasteiger charge is -2.36. The molecule has 1 N–H and O–H groups in total. The zero-order chi connectivity index (χ0) is 21.3. The molecule has 29 heavy (non-hydrogen) atoms. The highest BCUT2D eigenvalue weighted by molar-refractivity contribution is 7.89. The lowest BCUT2D eigenvalue weighted by Crippen LogP contribution is -2.54. The smallest absolute Gasteiger partial charge is 0.216 e. The maximum absolute atomic E-state index is 12.5. The van der Waals surface area contributed by atoms with Gasteiger partial charge >= 0.3 is 0 Å². The highest BCUT2D eigenvalue weighted by atomic mass is 32.2. The number of ether oxygens (including phenoxy) is 1. The largest absolute Gasteiger partial charge is 0.378 e. The van der Waals surface area contributed by atoms with Gasteiger partial charge in [-0.1, -0.05) is 6.92 Å². The molecule has 0 radical (unpaired) electrons. The zero-order valence-electron chi connectivity index (χ0n) is 18.8. The van der Waals surface area contributed by atoms with Crippen LogP contribution < -0.4 is 5.32 Å². The first-order valence-electron chi connectivity index (χ1n) is 11.2. The van der Waals surface area contributed by atoms with Crippen molar-refractivity contribution in [1.29, 1.82) is 0 Å². The average Bonchev–Trinajstić information content (AvgIpc) is 3.17. The second kappa shape index (κ2) is 12.1. The molecule has 1 atom stereocenters. The molecule has 0 aromatic heterocycles. The molecule has 0 saturated carbocycles. The van der Waals surface area contributed by atoms with E-state index in [0.717, 1.165) is 25.6 Å². The van der Waals surface area contributed by atoms with E-state index in [4.69, 9.17) is 9.73 Å². The summed E-state index contributed by atoms with van der Waals surface area (Å²) < 4.78 is 32.1. The molecule has 8 nitrogen and oxygen atoms in total. The summed E-state index contributed by atoms with van der Waals surface area (Å²) in [4.78, 5) is 9.56. The summed E-state index contributed by atoms with van der Waals surface area (Å²) in [5.41, 5.74) is 0. The number of hydrogen-bond acceptors (Lipinski definition) is 5. The van der Waals surface area contributed by atoms with Crippen molar-refractivity contribution in [2.75, 3.05) is 71.3 Å². The van der Waals surface area contributed by atoms with Crippen molar-refractivity contribution in [3.8, 4) is 0 Å². The van der Waals surface area contributed by atoms with E-state index in [1.54, 1.807) is 4.31 Å². The lowest BCUT2D eigenvalue weighted by molar-refractivity contribution is 0.0904. The highest BCUT2D eigenvalue weighted by Crippen LogP contribution is 2.12. The summed E-state index contributed by atoms with van der Waals surface area (Å²) in [5.74, 6) is 1.47. The molecule has 0 bridgehead atoms. The quantitative estimate of drug-likeness (QED) is 0.412. The van der Waals surface area contributed by atoms with Gasteiger partial charge in [0.1, 0.15) is 0 Å². The van der Waals surface area contributed by atoms with Gasteiger partial charge < -0.3 is 19.9 Å². The Balaban J connectivity index is 1.83. The first kappa shape index (κ1) is 24.4. The van der Waals surface area contributed by atoms with Gasteiger partial charge in [-0.2, -0.15) is 4.31 Å². The maximum Gasteiger partial charge on any atom is 0.216 e. The SMILES string of the molecule is CCNC(=NCC(C)CN1CCCC1)N1CCN(S(=O)(=O)CCOC(C)C)CC1. The number of sulfonamides is 1. The normalized spacial score (nSPS) is 21.1. The van der Waals surface area contributed by atoms with Gasteiger partial charge in [-0.3, -0.25) is 4.99 Å². The molecule has 0 aromatic rings. The van der Waals surface area contributed by atoms with Crippen LogP contribution in [0.25, 0.3) is 0 Å². The van der Waals surface area contributed by atoms with E-state index in [0.29, 0.717) is 32.1 Å². The highest BCUT2D eigenvalue weighted by Gasteiger charge is 2.28. The summed E-state index contributed by atoms with van der Waals surface area (Å²) in [6, 6.07) is 0. The zero-order valence-corrected chi connectivity index (χ0v) is 19.6. The number of guanidine groups is 1. The number of piperazine rings is 1. The first-order valence-corrected chi connectivity index (χ1v) is 12.8. The van der Waals surface area contributed by atoms with Gasteiger partial charge in [0, 0.05) is 45.8 Å². The van der Waals surface area contributed by atoms with E-state index >= 15 is 0 Å². The van der Waals surface area contributed by atoms with Crippen molar-refractivity contribution in [2.45, 2.75) is 46.6 Å². The molecule has 0 spiro atoms. The van der Waals surface area contributed by atoms with Crippen molar-refractivity contribution in [1.82, 2.24) is 19.4 Å². The van der Waals surface area contributed by atoms with Crippen molar-refractivity contribution in [3.63, 3.8) is 0 Å². The molecule has 0 amide bonds. The lowest BCUT2D eigenvalue weighted by atomic mass is 10.2. The van der Waals surface area contributed by atoms with Crippen LogP contribution in [0.5, 0.6) is 0 Å². The number of hydrogen-bond donors (Lipinski definition) is 1. The Hall–Kier alpha value is -0.900. The number of likely N-dealkylation sites (tertiary alicyclic amines) is 1. The van der Waals surface area contributed by atoms with Crippen molar-refractivity contribution in [3.05, 3.63) is 0 Å². The van der Waals surface area contributed by atoms with Gasteiger partial charge in [-0.15, -0.1) is 0 Å². The average molecular weight is 432 g/mol. The van der Waals surface area contributed by atoms with Crippen LogP contribution >= 0.6 is 0 Å². The number of aliphatic imine (C=N–C) groups is 1. The topological polar surface area (TPSA) is 77.5 Å². The monoisotopic (exact) mass is 431 g/mol. The second-order valence-electron chi connectivity index (χ2n) is 8.43. The Labute approximate surface area is 177 Å². The molecule has 9 heteroatoms. The van der Waals surface area contributed by atoms with Crippen LogP contribution in [0.4, 0.5) is 0 Å². The van der Waals surface area contributed by atoms with E-state index in [2.05, 4.69) is 29.0 Å². The van der Waals surface area contributed by atoms with Crippen LogP contribution in [0.3, 0.4) is 0 Å². The summed E-state index contributed by atoms with van der Waals surface area (Å²) >= 11 is 0. The number of nitrogens with zero attached hydrogens (tertiary/aromatic N) is 4. The van der Waals surface area contributed by atoms with E-state index < -0.39 is 10.0 Å². The van der Waals surface area contributed by atoms with E-state index in [9.17, 15) is 8.42 Å². The minimum atomic E-state index is -3.26. The molecule has 1 unspecified atom stereocenters. The molecule has 2 heterocycles. The third kappa shape index (κ3) is 8.39. The summed E-state index contributed by atoms with van der Waals surface area (Å²) in [6.45, 7) is 15.9. The number of nitrogens with one attached hydrogen (secondary N) is 1. The fourth-order valence-electron chi connectivity index (χ4n) is 3.83. The molecule has 2 fully saturated rings. The Morgan fingerprint density at radius 2 is 1.72 bits per heavy atom. The Morgan fingerprint density at radius 3 is 2.31 bits per heavy atom. The number of rotatable bonds is 10. The van der Waals surface area contributed by atoms with E-state index in [-0.39, 0.29) is 18.5 Å². The molecule has 2 saturated heterocycles. The van der Waals surface area contributed by atoms with Gasteiger partial charge in [0.25, 0.3) is 0 Å². The molecule has 2 aliphatic rings.